The van der Waals surface area contributed by atoms with Crippen molar-refractivity contribution in [3.8, 4) is 0 Å². The summed E-state index contributed by atoms with van der Waals surface area (Å²) in [6, 6.07) is 0. The number of oxime groups is 1. The van der Waals surface area contributed by atoms with Gasteiger partial charge in [0.1, 0.15) is 12.8 Å². The molecule has 0 bridgehead atoms. The third-order valence-corrected chi connectivity index (χ3v) is 1.76. The van der Waals surface area contributed by atoms with Gasteiger partial charge in [-0.25, -0.2) is 4.79 Å². The summed E-state index contributed by atoms with van der Waals surface area (Å²) >= 11 is 1.12. The van der Waals surface area contributed by atoms with Crippen molar-refractivity contribution in [2.45, 2.75) is 6.92 Å². The lowest BCUT2D eigenvalue weighted by atomic mass is 10.3. The van der Waals surface area contributed by atoms with Gasteiger partial charge < -0.3 is 9.57 Å². The Labute approximate surface area is 84.7 Å². The topological polar surface area (TPSA) is 73.7 Å². The molecule has 0 amide bonds. The average molecular weight is 215 g/mol. The standard InChI is InChI=1S/C7H9N3O3S/c1-3-13-7(11)6(9-12-2)5-4-14-10-8-5/h4H,3H2,1-2H3/b9-6+. The monoisotopic (exact) mass is 215 g/mol. The molecule has 1 heterocycles. The van der Waals surface area contributed by atoms with Gasteiger partial charge in [-0.2, -0.15) is 0 Å². The number of nitrogens with zero attached hydrogens (tertiary/aromatic N) is 3. The Hall–Kier alpha value is -1.50. The van der Waals surface area contributed by atoms with Crippen molar-refractivity contribution in [2.24, 2.45) is 5.16 Å². The Morgan fingerprint density at radius 2 is 2.50 bits per heavy atom. The highest BCUT2D eigenvalue weighted by Gasteiger charge is 2.18. The quantitative estimate of drug-likeness (QED) is 0.414. The lowest BCUT2D eigenvalue weighted by Crippen LogP contribution is -2.19. The molecule has 0 atom stereocenters. The minimum Gasteiger partial charge on any atom is -0.461 e. The Kier molecular flexibility index (Phi) is 3.99. The Morgan fingerprint density at radius 1 is 1.71 bits per heavy atom. The third-order valence-electron chi connectivity index (χ3n) is 1.25. The highest BCUT2D eigenvalue weighted by Crippen LogP contribution is 2.02. The summed E-state index contributed by atoms with van der Waals surface area (Å²) < 4.78 is 8.38. The van der Waals surface area contributed by atoms with Gasteiger partial charge >= 0.3 is 5.97 Å². The molecule has 0 saturated carbocycles. The smallest absolute Gasteiger partial charge is 0.362 e. The summed E-state index contributed by atoms with van der Waals surface area (Å²) in [7, 11) is 1.35. The van der Waals surface area contributed by atoms with E-state index in [0.717, 1.165) is 11.5 Å². The van der Waals surface area contributed by atoms with Crippen LogP contribution in [0.2, 0.25) is 0 Å². The zero-order valence-corrected chi connectivity index (χ0v) is 8.58. The van der Waals surface area contributed by atoms with Crippen LogP contribution in [0.3, 0.4) is 0 Å². The van der Waals surface area contributed by atoms with Gasteiger partial charge in [-0.05, 0) is 18.5 Å². The highest BCUT2D eigenvalue weighted by molar-refractivity contribution is 7.03. The molecule has 1 aromatic rings. The first-order valence-corrected chi connectivity index (χ1v) is 4.69. The first-order valence-electron chi connectivity index (χ1n) is 3.85. The van der Waals surface area contributed by atoms with Crippen molar-refractivity contribution in [2.75, 3.05) is 13.7 Å². The van der Waals surface area contributed by atoms with E-state index in [1.54, 1.807) is 12.3 Å². The number of carbonyl (C=O) groups is 1. The maximum Gasteiger partial charge on any atom is 0.362 e. The second kappa shape index (κ2) is 5.28. The lowest BCUT2D eigenvalue weighted by molar-refractivity contribution is -0.135. The number of aromatic nitrogens is 2. The summed E-state index contributed by atoms with van der Waals surface area (Å²) in [5, 5.41) is 8.82. The summed E-state index contributed by atoms with van der Waals surface area (Å²) in [4.78, 5) is 15.9. The Bertz CT molecular complexity index is 323. The van der Waals surface area contributed by atoms with Crippen molar-refractivity contribution < 1.29 is 14.4 Å². The molecule has 6 nitrogen and oxygen atoms in total. The summed E-state index contributed by atoms with van der Waals surface area (Å²) in [5.41, 5.74) is 0.387. The van der Waals surface area contributed by atoms with Crippen LogP contribution in [0.25, 0.3) is 0 Å². The maximum absolute atomic E-state index is 11.3. The molecule has 14 heavy (non-hydrogen) atoms. The van der Waals surface area contributed by atoms with Crippen LogP contribution >= 0.6 is 11.5 Å². The minimum absolute atomic E-state index is 0.0306. The van der Waals surface area contributed by atoms with E-state index in [9.17, 15) is 4.79 Å². The second-order valence-electron chi connectivity index (χ2n) is 2.13. The average Bonchev–Trinajstić information content (AvgIpc) is 2.67. The minimum atomic E-state index is -0.568. The van der Waals surface area contributed by atoms with Gasteiger partial charge in [0, 0.05) is 5.38 Å². The fourth-order valence-corrected chi connectivity index (χ4v) is 1.19. The van der Waals surface area contributed by atoms with Crippen molar-refractivity contribution in [3.05, 3.63) is 11.1 Å². The molecule has 0 aliphatic carbocycles. The molecule has 1 aromatic heterocycles. The van der Waals surface area contributed by atoms with E-state index in [0.29, 0.717) is 5.69 Å². The van der Waals surface area contributed by atoms with E-state index < -0.39 is 5.97 Å². The van der Waals surface area contributed by atoms with Crippen molar-refractivity contribution in [3.63, 3.8) is 0 Å². The van der Waals surface area contributed by atoms with Crippen LogP contribution in [0, 0.1) is 0 Å². The SMILES string of the molecule is CCOC(=O)/C(=N/OC)c1csnn1. The molecule has 76 valence electrons. The van der Waals surface area contributed by atoms with Crippen molar-refractivity contribution in [1.82, 2.24) is 9.59 Å². The van der Waals surface area contributed by atoms with Gasteiger partial charge in [0.25, 0.3) is 0 Å². The van der Waals surface area contributed by atoms with Crippen LogP contribution in [0.15, 0.2) is 10.5 Å². The zero-order chi connectivity index (χ0) is 10.4. The van der Waals surface area contributed by atoms with E-state index in [2.05, 4.69) is 19.6 Å². The molecule has 0 aliphatic rings. The van der Waals surface area contributed by atoms with E-state index >= 15 is 0 Å². The van der Waals surface area contributed by atoms with Gasteiger partial charge in [0.05, 0.1) is 6.61 Å². The summed E-state index contributed by atoms with van der Waals surface area (Å²) in [6.45, 7) is 1.99. The molecule has 0 saturated heterocycles. The van der Waals surface area contributed by atoms with Crippen LogP contribution in [0.4, 0.5) is 0 Å². The Morgan fingerprint density at radius 3 is 3.00 bits per heavy atom. The molecule has 0 spiro atoms. The van der Waals surface area contributed by atoms with Gasteiger partial charge in [-0.3, -0.25) is 0 Å². The Balaban J connectivity index is 2.86. The first kappa shape index (κ1) is 10.6. The van der Waals surface area contributed by atoms with Crippen LogP contribution in [-0.2, 0) is 14.4 Å². The van der Waals surface area contributed by atoms with Crippen LogP contribution in [0.1, 0.15) is 12.6 Å². The predicted octanol–water partition coefficient (Wildman–Crippen LogP) is 0.452. The van der Waals surface area contributed by atoms with Crippen molar-refractivity contribution in [1.29, 1.82) is 0 Å². The largest absolute Gasteiger partial charge is 0.461 e. The third kappa shape index (κ3) is 2.49. The van der Waals surface area contributed by atoms with E-state index in [4.69, 9.17) is 4.74 Å². The van der Waals surface area contributed by atoms with E-state index in [1.165, 1.54) is 7.11 Å². The zero-order valence-electron chi connectivity index (χ0n) is 7.76. The van der Waals surface area contributed by atoms with Crippen molar-refractivity contribution >= 4 is 23.2 Å². The fourth-order valence-electron chi connectivity index (χ4n) is 0.747. The summed E-state index contributed by atoms with van der Waals surface area (Å²) in [6.07, 6.45) is 0. The number of carbonyl (C=O) groups excluding carboxylic acids is 1. The molecule has 7 heteroatoms. The molecule has 1 rings (SSSR count). The number of rotatable bonds is 4. The highest BCUT2D eigenvalue weighted by atomic mass is 32.1. The molecule has 0 radical (unpaired) electrons. The molecular weight excluding hydrogens is 206 g/mol. The maximum atomic E-state index is 11.3. The summed E-state index contributed by atoms with van der Waals surface area (Å²) in [5.74, 6) is -0.568. The number of hydrogen-bond donors (Lipinski definition) is 0. The normalized spacial score (nSPS) is 11.1. The predicted molar refractivity (Wildman–Crippen MR) is 50.1 cm³/mol. The number of esters is 1. The van der Waals surface area contributed by atoms with Gasteiger partial charge in [0.15, 0.2) is 0 Å². The molecule has 0 N–H and O–H groups in total. The first-order chi connectivity index (χ1) is 6.79. The molecule has 0 unspecified atom stereocenters. The molecule has 0 aromatic carbocycles. The van der Waals surface area contributed by atoms with Crippen LogP contribution in [-0.4, -0.2) is 35.0 Å². The van der Waals surface area contributed by atoms with E-state index in [-0.39, 0.29) is 12.3 Å². The van der Waals surface area contributed by atoms with Crippen LogP contribution < -0.4 is 0 Å². The van der Waals surface area contributed by atoms with Gasteiger partial charge in [-0.1, -0.05) is 9.64 Å². The molecule has 0 aliphatic heterocycles. The second-order valence-corrected chi connectivity index (χ2v) is 2.74. The molecule has 0 fully saturated rings. The fraction of sp³-hybridized carbons (Fsp3) is 0.429. The van der Waals surface area contributed by atoms with E-state index in [1.807, 2.05) is 0 Å². The van der Waals surface area contributed by atoms with Gasteiger partial charge in [0.2, 0.25) is 5.71 Å². The van der Waals surface area contributed by atoms with Crippen LogP contribution in [0.5, 0.6) is 0 Å². The van der Waals surface area contributed by atoms with Gasteiger partial charge in [-0.15, -0.1) is 5.10 Å². The number of hydrogen-bond acceptors (Lipinski definition) is 7. The number of ether oxygens (including phenoxy) is 1. The lowest BCUT2D eigenvalue weighted by Gasteiger charge is -2.00. The molecular formula is C7H9N3O3S.